The fraction of sp³-hybridized carbons (Fsp3) is 0.417. The summed E-state index contributed by atoms with van der Waals surface area (Å²) in [5.41, 5.74) is 7.73. The van der Waals surface area contributed by atoms with Crippen LogP contribution in [0.1, 0.15) is 18.9 Å². The number of hydrogen-bond acceptors (Lipinski definition) is 3. The second-order valence-corrected chi connectivity index (χ2v) is 6.63. The maximum atomic E-state index is 11.4. The van der Waals surface area contributed by atoms with E-state index in [-0.39, 0.29) is 6.04 Å². The van der Waals surface area contributed by atoms with Crippen LogP contribution in [0, 0.1) is 0 Å². The van der Waals surface area contributed by atoms with Crippen LogP contribution in [0.15, 0.2) is 18.2 Å². The van der Waals surface area contributed by atoms with Crippen LogP contribution in [0.2, 0.25) is 5.02 Å². The van der Waals surface area contributed by atoms with Gasteiger partial charge in [-0.05, 0) is 25.0 Å². The van der Waals surface area contributed by atoms with Gasteiger partial charge in [-0.1, -0.05) is 17.7 Å². The second-order valence-electron chi connectivity index (χ2n) is 4.53. The fourth-order valence-corrected chi connectivity index (χ4v) is 4.07. The standard InChI is InChI=1S/C12H14ClN3OS/c13-9-2-1-3-10-11(9)16(12(14)15-10)8-4-6-18(17)7-5-8/h1-3,8H,4-7H2,(H2,14,15). The third-order valence-corrected chi connectivity index (χ3v) is 5.10. The van der Waals surface area contributed by atoms with Gasteiger partial charge in [-0.2, -0.15) is 0 Å². The number of halogens is 1. The predicted molar refractivity (Wildman–Crippen MR) is 75.3 cm³/mol. The first-order valence-electron chi connectivity index (χ1n) is 5.93. The molecule has 4 nitrogen and oxygen atoms in total. The summed E-state index contributed by atoms with van der Waals surface area (Å²) in [4.78, 5) is 4.35. The fourth-order valence-electron chi connectivity index (χ4n) is 2.53. The Balaban J connectivity index is 2.11. The van der Waals surface area contributed by atoms with Crippen molar-refractivity contribution in [3.05, 3.63) is 23.2 Å². The summed E-state index contributed by atoms with van der Waals surface area (Å²) in [6.07, 6.45) is 1.74. The molecule has 2 heterocycles. The van der Waals surface area contributed by atoms with E-state index < -0.39 is 10.8 Å². The number of nitrogens with two attached hydrogens (primary N) is 1. The maximum absolute atomic E-state index is 11.4. The minimum atomic E-state index is -0.676. The Kier molecular flexibility index (Phi) is 3.03. The van der Waals surface area contributed by atoms with Gasteiger partial charge in [-0.25, -0.2) is 4.98 Å². The predicted octanol–water partition coefficient (Wildman–Crippen LogP) is 2.36. The van der Waals surface area contributed by atoms with Crippen molar-refractivity contribution in [2.45, 2.75) is 18.9 Å². The van der Waals surface area contributed by atoms with Crippen molar-refractivity contribution in [1.29, 1.82) is 0 Å². The van der Waals surface area contributed by atoms with E-state index in [1.807, 2.05) is 22.8 Å². The van der Waals surface area contributed by atoms with E-state index in [2.05, 4.69) is 4.98 Å². The molecule has 0 saturated carbocycles. The summed E-state index contributed by atoms with van der Waals surface area (Å²) in [6.45, 7) is 0. The van der Waals surface area contributed by atoms with Crippen LogP contribution >= 0.6 is 11.6 Å². The first-order valence-corrected chi connectivity index (χ1v) is 7.80. The highest BCUT2D eigenvalue weighted by molar-refractivity contribution is 7.85. The van der Waals surface area contributed by atoms with Gasteiger partial charge in [-0.3, -0.25) is 4.21 Å². The quantitative estimate of drug-likeness (QED) is 0.874. The molecular weight excluding hydrogens is 270 g/mol. The summed E-state index contributed by atoms with van der Waals surface area (Å²) in [6, 6.07) is 5.89. The Hall–Kier alpha value is -1.07. The summed E-state index contributed by atoms with van der Waals surface area (Å²) >= 11 is 6.25. The van der Waals surface area contributed by atoms with Crippen LogP contribution in [0.25, 0.3) is 11.0 Å². The number of imidazole rings is 1. The largest absolute Gasteiger partial charge is 0.369 e. The summed E-state index contributed by atoms with van der Waals surface area (Å²) in [7, 11) is -0.676. The zero-order valence-corrected chi connectivity index (χ0v) is 11.4. The van der Waals surface area contributed by atoms with Crippen LogP contribution in [0.3, 0.4) is 0 Å². The molecule has 0 aliphatic carbocycles. The number of nitrogen functional groups attached to an aromatic ring is 1. The van der Waals surface area contributed by atoms with Crippen molar-refractivity contribution < 1.29 is 4.21 Å². The molecule has 0 spiro atoms. The lowest BCUT2D eigenvalue weighted by molar-refractivity contribution is 0.478. The van der Waals surface area contributed by atoms with Gasteiger partial charge in [0.2, 0.25) is 5.95 Å². The lowest BCUT2D eigenvalue weighted by Gasteiger charge is -2.24. The van der Waals surface area contributed by atoms with E-state index in [0.29, 0.717) is 11.0 Å². The number of rotatable bonds is 1. The van der Waals surface area contributed by atoms with Gasteiger partial charge in [0.05, 0.1) is 16.1 Å². The molecule has 3 rings (SSSR count). The molecule has 1 aromatic heterocycles. The molecule has 0 amide bonds. The molecular formula is C12H14ClN3OS. The topological polar surface area (TPSA) is 60.9 Å². The van der Waals surface area contributed by atoms with Crippen LogP contribution in [0.4, 0.5) is 5.95 Å². The Morgan fingerprint density at radius 3 is 2.83 bits per heavy atom. The minimum Gasteiger partial charge on any atom is -0.369 e. The van der Waals surface area contributed by atoms with Gasteiger partial charge in [0.15, 0.2) is 0 Å². The molecule has 2 aromatic rings. The lowest BCUT2D eigenvalue weighted by atomic mass is 10.1. The molecule has 0 unspecified atom stereocenters. The molecule has 2 N–H and O–H groups in total. The van der Waals surface area contributed by atoms with Crippen molar-refractivity contribution in [2.75, 3.05) is 17.2 Å². The van der Waals surface area contributed by atoms with E-state index in [4.69, 9.17) is 17.3 Å². The Bertz CT molecular complexity index is 615. The zero-order valence-electron chi connectivity index (χ0n) is 9.80. The first kappa shape index (κ1) is 12.0. The number of nitrogens with zero attached hydrogens (tertiary/aromatic N) is 2. The van der Waals surface area contributed by atoms with E-state index in [0.717, 1.165) is 35.4 Å². The van der Waals surface area contributed by atoms with Gasteiger partial charge in [-0.15, -0.1) is 0 Å². The lowest BCUT2D eigenvalue weighted by Crippen LogP contribution is -2.22. The molecule has 0 atom stereocenters. The van der Waals surface area contributed by atoms with Crippen molar-refractivity contribution in [3.63, 3.8) is 0 Å². The summed E-state index contributed by atoms with van der Waals surface area (Å²) in [5.74, 6) is 1.96. The summed E-state index contributed by atoms with van der Waals surface area (Å²) < 4.78 is 13.4. The smallest absolute Gasteiger partial charge is 0.201 e. The molecule has 1 saturated heterocycles. The molecule has 1 aliphatic rings. The van der Waals surface area contributed by atoms with Crippen molar-refractivity contribution >= 4 is 39.4 Å². The van der Waals surface area contributed by atoms with Gasteiger partial charge in [0.25, 0.3) is 0 Å². The summed E-state index contributed by atoms with van der Waals surface area (Å²) in [5, 5.41) is 0.670. The molecule has 0 radical (unpaired) electrons. The van der Waals surface area contributed by atoms with Gasteiger partial charge in [0, 0.05) is 28.3 Å². The van der Waals surface area contributed by atoms with Crippen LogP contribution in [0.5, 0.6) is 0 Å². The highest BCUT2D eigenvalue weighted by Crippen LogP contribution is 2.33. The number of benzene rings is 1. The number of fused-ring (bicyclic) bond motifs is 1. The number of hydrogen-bond donors (Lipinski definition) is 1. The monoisotopic (exact) mass is 283 g/mol. The number of para-hydroxylation sites is 1. The van der Waals surface area contributed by atoms with E-state index in [9.17, 15) is 4.21 Å². The highest BCUT2D eigenvalue weighted by Gasteiger charge is 2.23. The zero-order chi connectivity index (χ0) is 12.7. The van der Waals surface area contributed by atoms with Crippen LogP contribution < -0.4 is 5.73 Å². The number of anilines is 1. The Morgan fingerprint density at radius 2 is 2.11 bits per heavy atom. The second kappa shape index (κ2) is 4.55. The third kappa shape index (κ3) is 1.91. The molecule has 96 valence electrons. The van der Waals surface area contributed by atoms with Crippen molar-refractivity contribution in [2.24, 2.45) is 0 Å². The number of aromatic nitrogens is 2. The van der Waals surface area contributed by atoms with Gasteiger partial charge < -0.3 is 10.3 Å². The molecule has 0 bridgehead atoms. The molecule has 1 fully saturated rings. The molecule has 1 aromatic carbocycles. The van der Waals surface area contributed by atoms with E-state index in [1.54, 1.807) is 0 Å². The Labute approximate surface area is 113 Å². The SMILES string of the molecule is Nc1nc2cccc(Cl)c2n1C1CCS(=O)CC1. The van der Waals surface area contributed by atoms with Crippen LogP contribution in [-0.4, -0.2) is 25.3 Å². The molecule has 18 heavy (non-hydrogen) atoms. The van der Waals surface area contributed by atoms with E-state index in [1.165, 1.54) is 0 Å². The highest BCUT2D eigenvalue weighted by atomic mass is 35.5. The molecule has 1 aliphatic heterocycles. The van der Waals surface area contributed by atoms with Gasteiger partial charge in [0.1, 0.15) is 0 Å². The van der Waals surface area contributed by atoms with E-state index >= 15 is 0 Å². The average Bonchev–Trinajstić information content (AvgIpc) is 2.68. The minimum absolute atomic E-state index is 0.257. The Morgan fingerprint density at radius 1 is 1.39 bits per heavy atom. The first-order chi connectivity index (χ1) is 8.66. The van der Waals surface area contributed by atoms with Crippen molar-refractivity contribution in [1.82, 2.24) is 9.55 Å². The normalized spacial score (nSPS) is 24.5. The molecule has 6 heteroatoms. The third-order valence-electron chi connectivity index (χ3n) is 3.41. The maximum Gasteiger partial charge on any atom is 0.201 e. The van der Waals surface area contributed by atoms with Gasteiger partial charge >= 0.3 is 0 Å². The average molecular weight is 284 g/mol. The van der Waals surface area contributed by atoms with Crippen molar-refractivity contribution in [3.8, 4) is 0 Å². The van der Waals surface area contributed by atoms with Crippen LogP contribution in [-0.2, 0) is 10.8 Å².